The number of hydrogen-bond donors (Lipinski definition) is 0. The zero-order chi connectivity index (χ0) is 10.8. The number of halogens is 1. The molecule has 0 N–H and O–H groups in total. The molecule has 15 heavy (non-hydrogen) atoms. The number of aromatic nitrogens is 1. The van der Waals surface area contributed by atoms with E-state index in [1.165, 1.54) is 7.11 Å². The van der Waals surface area contributed by atoms with Crippen LogP contribution in [0.4, 0.5) is 0 Å². The van der Waals surface area contributed by atoms with Crippen LogP contribution in [-0.2, 0) is 4.79 Å². The summed E-state index contributed by atoms with van der Waals surface area (Å²) in [6, 6.07) is 4.96. The molecule has 0 unspecified atom stereocenters. The zero-order valence-electron chi connectivity index (χ0n) is 7.95. The maximum atomic E-state index is 10.7. The molecule has 1 heterocycles. The van der Waals surface area contributed by atoms with E-state index >= 15 is 0 Å². The Balaban J connectivity index is 2.81. The number of fused-ring (bicyclic) bond motifs is 1. The third-order valence-electron chi connectivity index (χ3n) is 2.12. The van der Waals surface area contributed by atoms with Crippen molar-refractivity contribution >= 4 is 28.8 Å². The van der Waals surface area contributed by atoms with E-state index in [0.717, 1.165) is 5.39 Å². The summed E-state index contributed by atoms with van der Waals surface area (Å²) in [5, 5.41) is 1.28. The molecule has 0 aliphatic rings. The van der Waals surface area contributed by atoms with Crippen LogP contribution in [0.5, 0.6) is 5.75 Å². The molecule has 0 aliphatic heterocycles. The molecule has 4 heteroatoms. The summed E-state index contributed by atoms with van der Waals surface area (Å²) in [6.07, 6.45) is 3.41. The van der Waals surface area contributed by atoms with Gasteiger partial charge in [0.25, 0.3) is 0 Å². The Bertz CT molecular complexity index is 525. The van der Waals surface area contributed by atoms with Crippen molar-refractivity contribution in [1.29, 1.82) is 0 Å². The minimum Gasteiger partial charge on any atom is -0.496 e. The first-order chi connectivity index (χ1) is 7.26. The molecule has 0 amide bonds. The lowest BCUT2D eigenvalue weighted by atomic mass is 10.1. The van der Waals surface area contributed by atoms with Crippen molar-refractivity contribution in [1.82, 2.24) is 4.98 Å². The van der Waals surface area contributed by atoms with Gasteiger partial charge in [-0.05, 0) is 12.1 Å². The van der Waals surface area contributed by atoms with E-state index in [2.05, 4.69) is 4.98 Å². The van der Waals surface area contributed by atoms with Gasteiger partial charge in [0.1, 0.15) is 5.75 Å². The van der Waals surface area contributed by atoms with E-state index in [0.29, 0.717) is 21.9 Å². The number of pyridine rings is 1. The van der Waals surface area contributed by atoms with Gasteiger partial charge in [0.05, 0.1) is 23.2 Å². The fourth-order valence-corrected chi connectivity index (χ4v) is 1.60. The van der Waals surface area contributed by atoms with Gasteiger partial charge in [-0.15, -0.1) is 0 Å². The van der Waals surface area contributed by atoms with Crippen molar-refractivity contribution in [2.24, 2.45) is 0 Å². The van der Waals surface area contributed by atoms with Crippen molar-refractivity contribution in [3.8, 4) is 5.75 Å². The summed E-state index contributed by atoms with van der Waals surface area (Å²) in [4.78, 5) is 14.8. The van der Waals surface area contributed by atoms with E-state index in [1.807, 2.05) is 0 Å². The molecule has 0 bridgehead atoms. The van der Waals surface area contributed by atoms with Crippen molar-refractivity contribution in [3.05, 3.63) is 35.0 Å². The minimum absolute atomic E-state index is 0.347. The molecule has 1 aromatic carbocycles. The summed E-state index contributed by atoms with van der Waals surface area (Å²) in [5.74, 6) is 0.451. The van der Waals surface area contributed by atoms with Gasteiger partial charge in [0, 0.05) is 17.6 Å². The molecule has 0 aliphatic carbocycles. The lowest BCUT2D eigenvalue weighted by molar-refractivity contribution is 0.413. The Labute approximate surface area is 91.6 Å². The van der Waals surface area contributed by atoms with Gasteiger partial charge >= 0.3 is 0 Å². The highest BCUT2D eigenvalue weighted by atomic mass is 35.5. The number of methoxy groups -OCH3 is 1. The normalized spacial score (nSPS) is 10.3. The van der Waals surface area contributed by atoms with Gasteiger partial charge in [-0.3, -0.25) is 9.78 Å². The first kappa shape index (κ1) is 9.93. The first-order valence-electron chi connectivity index (χ1n) is 4.26. The molecule has 2 aromatic rings. The third-order valence-corrected chi connectivity index (χ3v) is 2.45. The second kappa shape index (κ2) is 3.87. The van der Waals surface area contributed by atoms with Crippen molar-refractivity contribution in [2.45, 2.75) is 0 Å². The second-order valence-electron chi connectivity index (χ2n) is 2.96. The average molecular weight is 221 g/mol. The largest absolute Gasteiger partial charge is 0.496 e. The van der Waals surface area contributed by atoms with Gasteiger partial charge in [0.2, 0.25) is 6.29 Å². The summed E-state index contributed by atoms with van der Waals surface area (Å²) in [7, 11) is 1.49. The van der Waals surface area contributed by atoms with Crippen molar-refractivity contribution in [3.63, 3.8) is 0 Å². The topological polar surface area (TPSA) is 39.2 Å². The van der Waals surface area contributed by atoms with Crippen LogP contribution >= 0.6 is 11.6 Å². The van der Waals surface area contributed by atoms with Crippen LogP contribution in [0.15, 0.2) is 24.4 Å². The Kier molecular flexibility index (Phi) is 2.56. The smallest absolute Gasteiger partial charge is 0.237 e. The molecule has 0 spiro atoms. The van der Waals surface area contributed by atoms with Crippen LogP contribution in [0.3, 0.4) is 0 Å². The van der Waals surface area contributed by atoms with E-state index in [9.17, 15) is 4.79 Å². The van der Waals surface area contributed by atoms with Crippen LogP contribution in [0.1, 0.15) is 5.56 Å². The fourth-order valence-electron chi connectivity index (χ4n) is 1.39. The van der Waals surface area contributed by atoms with Gasteiger partial charge in [0.15, 0.2) is 0 Å². The van der Waals surface area contributed by atoms with Gasteiger partial charge < -0.3 is 4.74 Å². The summed E-state index contributed by atoms with van der Waals surface area (Å²) < 4.78 is 5.04. The van der Waals surface area contributed by atoms with Gasteiger partial charge in [-0.25, -0.2) is 0 Å². The van der Waals surface area contributed by atoms with E-state index in [4.69, 9.17) is 16.3 Å². The predicted octanol–water partition coefficient (Wildman–Crippen LogP) is 2.35. The highest BCUT2D eigenvalue weighted by Crippen LogP contribution is 2.27. The highest BCUT2D eigenvalue weighted by molar-refractivity contribution is 6.35. The number of rotatable bonds is 2. The maximum Gasteiger partial charge on any atom is 0.237 e. The summed E-state index contributed by atoms with van der Waals surface area (Å²) in [6.45, 7) is 0. The number of benzene rings is 1. The van der Waals surface area contributed by atoms with Crippen molar-refractivity contribution in [2.75, 3.05) is 7.11 Å². The molecule has 2 rings (SSSR count). The first-order valence-corrected chi connectivity index (χ1v) is 4.64. The molecule has 1 aromatic heterocycles. The SMILES string of the molecule is COc1cc2nccc(Cl)c2cc1[C]=O. The monoisotopic (exact) mass is 220 g/mol. The second-order valence-corrected chi connectivity index (χ2v) is 3.37. The van der Waals surface area contributed by atoms with Crippen LogP contribution in [0.25, 0.3) is 10.9 Å². The quantitative estimate of drug-likeness (QED) is 0.780. The Morgan fingerprint density at radius 2 is 2.27 bits per heavy atom. The number of ether oxygens (including phenoxy) is 1. The predicted molar refractivity (Wildman–Crippen MR) is 58.1 cm³/mol. The molecule has 1 radical (unpaired) electrons. The number of nitrogens with zero attached hydrogens (tertiary/aromatic N) is 1. The molecule has 0 fully saturated rings. The Hall–Kier alpha value is -1.61. The highest BCUT2D eigenvalue weighted by Gasteiger charge is 2.08. The molecule has 3 nitrogen and oxygen atoms in total. The fraction of sp³-hybridized carbons (Fsp3) is 0.0909. The van der Waals surface area contributed by atoms with Gasteiger partial charge in [-0.1, -0.05) is 11.6 Å². The molecular formula is C11H7ClNO2. The average Bonchev–Trinajstić information content (AvgIpc) is 2.28. The Morgan fingerprint density at radius 1 is 1.47 bits per heavy atom. The van der Waals surface area contributed by atoms with Crippen LogP contribution in [0.2, 0.25) is 5.02 Å². The van der Waals surface area contributed by atoms with Crippen LogP contribution in [0, 0.1) is 0 Å². The summed E-state index contributed by atoms with van der Waals surface area (Å²) in [5.41, 5.74) is 1.04. The molecule has 0 saturated heterocycles. The van der Waals surface area contributed by atoms with Crippen LogP contribution < -0.4 is 4.74 Å². The number of carbonyl (C=O) groups excluding carboxylic acids is 1. The molecule has 75 valence electrons. The zero-order valence-corrected chi connectivity index (χ0v) is 8.71. The van der Waals surface area contributed by atoms with Crippen LogP contribution in [-0.4, -0.2) is 18.4 Å². The van der Waals surface area contributed by atoms with E-state index < -0.39 is 0 Å². The molecule has 0 saturated carbocycles. The summed E-state index contributed by atoms with van der Waals surface area (Å²) >= 11 is 5.97. The van der Waals surface area contributed by atoms with E-state index in [1.54, 1.807) is 30.7 Å². The molecule has 0 atom stereocenters. The van der Waals surface area contributed by atoms with Crippen molar-refractivity contribution < 1.29 is 9.53 Å². The maximum absolute atomic E-state index is 10.7. The third kappa shape index (κ3) is 1.66. The lowest BCUT2D eigenvalue weighted by Gasteiger charge is -2.05. The van der Waals surface area contributed by atoms with Gasteiger partial charge in [-0.2, -0.15) is 0 Å². The molecular weight excluding hydrogens is 214 g/mol. The number of hydrogen-bond acceptors (Lipinski definition) is 3. The minimum atomic E-state index is 0.347. The Morgan fingerprint density at radius 3 is 2.93 bits per heavy atom. The van der Waals surface area contributed by atoms with E-state index in [-0.39, 0.29) is 0 Å². The standard InChI is InChI=1S/C11H7ClNO2/c1-15-11-5-10-8(4-7(11)6-14)9(12)2-3-13-10/h2-5H,1H3. The lowest BCUT2D eigenvalue weighted by Crippen LogP contribution is -1.92.